The van der Waals surface area contributed by atoms with Crippen LogP contribution >= 0.6 is 0 Å². The smallest absolute Gasteiger partial charge is 0.118 e. The molecule has 0 spiro atoms. The van der Waals surface area contributed by atoms with Crippen molar-refractivity contribution in [1.82, 2.24) is 15.5 Å². The maximum Gasteiger partial charge on any atom is 0.118 e. The Kier molecular flexibility index (Phi) is 5.50. The molecule has 0 aliphatic carbocycles. The van der Waals surface area contributed by atoms with Gasteiger partial charge in [0.05, 0.1) is 25.6 Å². The van der Waals surface area contributed by atoms with E-state index in [-0.39, 0.29) is 12.0 Å². The van der Waals surface area contributed by atoms with Crippen LogP contribution in [0.1, 0.15) is 18.4 Å². The minimum absolute atomic E-state index is 0.0672. The van der Waals surface area contributed by atoms with Gasteiger partial charge in [0.1, 0.15) is 5.75 Å². The first-order valence-corrected chi connectivity index (χ1v) is 8.32. The van der Waals surface area contributed by atoms with Crippen LogP contribution in [0.3, 0.4) is 0 Å². The largest absolute Gasteiger partial charge is 0.497 e. The fraction of sp³-hybridized carbons (Fsp3) is 0.500. The van der Waals surface area contributed by atoms with Gasteiger partial charge in [0.25, 0.3) is 0 Å². The van der Waals surface area contributed by atoms with E-state index in [0.29, 0.717) is 6.54 Å². The molecule has 6 heteroatoms. The summed E-state index contributed by atoms with van der Waals surface area (Å²) in [6.07, 6.45) is 3.64. The molecule has 1 aliphatic rings. The van der Waals surface area contributed by atoms with Gasteiger partial charge < -0.3 is 19.9 Å². The molecule has 3 rings (SSSR count). The van der Waals surface area contributed by atoms with Crippen molar-refractivity contribution < 1.29 is 14.6 Å². The minimum Gasteiger partial charge on any atom is -0.497 e. The number of nitrogens with one attached hydrogen (secondary N) is 2. The zero-order valence-corrected chi connectivity index (χ0v) is 14.0. The third-order valence-corrected chi connectivity index (χ3v) is 4.80. The summed E-state index contributed by atoms with van der Waals surface area (Å²) in [6.45, 7) is 3.14. The molecule has 1 aliphatic heterocycles. The van der Waals surface area contributed by atoms with Gasteiger partial charge in [0.2, 0.25) is 0 Å². The molecule has 3 N–H and O–H groups in total. The summed E-state index contributed by atoms with van der Waals surface area (Å²) in [4.78, 5) is 0. The molecule has 24 heavy (non-hydrogen) atoms. The van der Waals surface area contributed by atoms with Crippen LogP contribution in [0.2, 0.25) is 0 Å². The molecule has 1 saturated heterocycles. The van der Waals surface area contributed by atoms with E-state index < -0.39 is 0 Å². The number of benzene rings is 1. The Morgan fingerprint density at radius 2 is 2.04 bits per heavy atom. The molecule has 0 bridgehead atoms. The van der Waals surface area contributed by atoms with Crippen molar-refractivity contribution in [2.24, 2.45) is 5.41 Å². The maximum absolute atomic E-state index is 9.75. The zero-order valence-electron chi connectivity index (χ0n) is 14.0. The molecule has 0 saturated carbocycles. The van der Waals surface area contributed by atoms with Gasteiger partial charge >= 0.3 is 0 Å². The van der Waals surface area contributed by atoms with Crippen LogP contribution in [0.25, 0.3) is 11.3 Å². The number of nitrogens with zero attached hydrogens (tertiary/aromatic N) is 1. The second-order valence-corrected chi connectivity index (χ2v) is 6.37. The molecule has 2 heterocycles. The first-order valence-electron chi connectivity index (χ1n) is 8.32. The Balaban J connectivity index is 1.63. The van der Waals surface area contributed by atoms with Crippen molar-refractivity contribution in [2.45, 2.75) is 19.4 Å². The number of methoxy groups -OCH3 is 1. The highest BCUT2D eigenvalue weighted by molar-refractivity contribution is 5.63. The predicted octanol–water partition coefficient (Wildman–Crippen LogP) is 1.96. The van der Waals surface area contributed by atoms with E-state index in [1.165, 1.54) is 0 Å². The average Bonchev–Trinajstić information content (AvgIpc) is 3.11. The number of H-pyrrole nitrogens is 1. The van der Waals surface area contributed by atoms with E-state index in [2.05, 4.69) is 15.5 Å². The quantitative estimate of drug-likeness (QED) is 0.723. The van der Waals surface area contributed by atoms with E-state index in [9.17, 15) is 5.11 Å². The minimum atomic E-state index is -0.0672. The van der Waals surface area contributed by atoms with Gasteiger partial charge in [-0.3, -0.25) is 5.10 Å². The lowest BCUT2D eigenvalue weighted by molar-refractivity contribution is -0.0154. The number of ether oxygens (including phenoxy) is 2. The second kappa shape index (κ2) is 7.79. The van der Waals surface area contributed by atoms with E-state index in [1.54, 1.807) is 7.11 Å². The zero-order chi connectivity index (χ0) is 16.8. The van der Waals surface area contributed by atoms with Gasteiger partial charge in [-0.15, -0.1) is 0 Å². The van der Waals surface area contributed by atoms with Gasteiger partial charge in [0, 0.05) is 42.8 Å². The highest BCUT2D eigenvalue weighted by atomic mass is 16.5. The molecule has 0 amide bonds. The number of aliphatic hydroxyl groups is 1. The van der Waals surface area contributed by atoms with Gasteiger partial charge in [0.15, 0.2) is 0 Å². The molecule has 0 unspecified atom stereocenters. The molecule has 130 valence electrons. The molecule has 1 aromatic heterocycles. The summed E-state index contributed by atoms with van der Waals surface area (Å²) >= 11 is 0. The van der Waals surface area contributed by atoms with Gasteiger partial charge in [-0.25, -0.2) is 0 Å². The molecule has 0 atom stereocenters. The number of hydrogen-bond acceptors (Lipinski definition) is 5. The highest BCUT2D eigenvalue weighted by Crippen LogP contribution is 2.29. The predicted molar refractivity (Wildman–Crippen MR) is 91.9 cm³/mol. The fourth-order valence-corrected chi connectivity index (χ4v) is 3.11. The summed E-state index contributed by atoms with van der Waals surface area (Å²) in [6, 6.07) is 7.92. The summed E-state index contributed by atoms with van der Waals surface area (Å²) in [5.41, 5.74) is 3.13. The average molecular weight is 331 g/mol. The van der Waals surface area contributed by atoms with E-state index in [4.69, 9.17) is 9.47 Å². The Morgan fingerprint density at radius 1 is 1.29 bits per heavy atom. The summed E-state index contributed by atoms with van der Waals surface area (Å²) in [5.74, 6) is 0.836. The second-order valence-electron chi connectivity index (χ2n) is 6.37. The Morgan fingerprint density at radius 3 is 2.71 bits per heavy atom. The van der Waals surface area contributed by atoms with Crippen molar-refractivity contribution in [3.05, 3.63) is 36.0 Å². The van der Waals surface area contributed by atoms with E-state index in [1.807, 2.05) is 30.5 Å². The van der Waals surface area contributed by atoms with Crippen molar-refractivity contribution in [3.8, 4) is 17.0 Å². The van der Waals surface area contributed by atoms with Crippen molar-refractivity contribution in [2.75, 3.05) is 33.5 Å². The van der Waals surface area contributed by atoms with Crippen LogP contribution < -0.4 is 10.1 Å². The normalized spacial score (nSPS) is 16.9. The Hall–Kier alpha value is -1.89. The lowest BCUT2D eigenvalue weighted by atomic mass is 9.81. The van der Waals surface area contributed by atoms with Crippen LogP contribution in [-0.2, 0) is 11.3 Å². The molecule has 6 nitrogen and oxygen atoms in total. The van der Waals surface area contributed by atoms with Crippen LogP contribution in [0, 0.1) is 5.41 Å². The molecule has 1 fully saturated rings. The lowest BCUT2D eigenvalue weighted by Crippen LogP contribution is -2.41. The number of rotatable bonds is 7. The topological polar surface area (TPSA) is 79.4 Å². The van der Waals surface area contributed by atoms with Crippen molar-refractivity contribution in [3.63, 3.8) is 0 Å². The number of aromatic amines is 1. The van der Waals surface area contributed by atoms with Crippen molar-refractivity contribution >= 4 is 0 Å². The maximum atomic E-state index is 9.75. The van der Waals surface area contributed by atoms with Crippen LogP contribution in [-0.4, -0.2) is 48.8 Å². The summed E-state index contributed by atoms with van der Waals surface area (Å²) in [7, 11) is 1.66. The fourth-order valence-electron chi connectivity index (χ4n) is 3.11. The summed E-state index contributed by atoms with van der Waals surface area (Å²) in [5, 5.41) is 20.5. The molecule has 2 aromatic rings. The first kappa shape index (κ1) is 17.0. The standard InChI is InChI=1S/C18H25N3O3/c1-23-16-4-2-14(3-5-16)17-15(11-20-21-17)10-19-12-18(13-22)6-8-24-9-7-18/h2-5,11,19,22H,6-10,12-13H2,1H3,(H,20,21). The third kappa shape index (κ3) is 3.77. The van der Waals surface area contributed by atoms with Gasteiger partial charge in [-0.2, -0.15) is 5.10 Å². The highest BCUT2D eigenvalue weighted by Gasteiger charge is 2.31. The van der Waals surface area contributed by atoms with Gasteiger partial charge in [-0.05, 0) is 37.1 Å². The van der Waals surface area contributed by atoms with E-state index in [0.717, 1.165) is 55.2 Å². The third-order valence-electron chi connectivity index (χ3n) is 4.80. The number of hydrogen-bond donors (Lipinski definition) is 3. The number of aromatic nitrogens is 2. The monoisotopic (exact) mass is 331 g/mol. The number of aliphatic hydroxyl groups excluding tert-OH is 1. The Bertz CT molecular complexity index is 633. The van der Waals surface area contributed by atoms with E-state index >= 15 is 0 Å². The van der Waals surface area contributed by atoms with Crippen LogP contribution in [0.4, 0.5) is 0 Å². The Labute approximate surface area is 142 Å². The van der Waals surface area contributed by atoms with Crippen molar-refractivity contribution in [1.29, 1.82) is 0 Å². The van der Waals surface area contributed by atoms with Gasteiger partial charge in [-0.1, -0.05) is 0 Å². The molecule has 1 aromatic carbocycles. The molecular weight excluding hydrogens is 306 g/mol. The SMILES string of the molecule is COc1ccc(-c2[nH]ncc2CNCC2(CO)CCOCC2)cc1. The molecular formula is C18H25N3O3. The summed E-state index contributed by atoms with van der Waals surface area (Å²) < 4.78 is 10.6. The lowest BCUT2D eigenvalue weighted by Gasteiger charge is -2.35. The van der Waals surface area contributed by atoms with Crippen LogP contribution in [0.5, 0.6) is 5.75 Å². The van der Waals surface area contributed by atoms with Crippen LogP contribution in [0.15, 0.2) is 30.5 Å². The first-order chi connectivity index (χ1) is 11.8. The molecule has 0 radical (unpaired) electrons.